The topological polar surface area (TPSA) is 73.9 Å². The molecule has 1 amide bonds. The fraction of sp³-hybridized carbons (Fsp3) is 0.222. The van der Waals surface area contributed by atoms with Gasteiger partial charge in [-0.25, -0.2) is 13.6 Å². The van der Waals surface area contributed by atoms with Crippen LogP contribution in [-0.2, 0) is 16.1 Å². The summed E-state index contributed by atoms with van der Waals surface area (Å²) in [6.45, 7) is -0.717. The number of carbonyl (C=O) groups excluding carboxylic acids is 2. The van der Waals surface area contributed by atoms with Gasteiger partial charge in [-0.15, -0.1) is 0 Å². The summed E-state index contributed by atoms with van der Waals surface area (Å²) in [4.78, 5) is 23.8. The highest BCUT2D eigenvalue weighted by Crippen LogP contribution is 2.25. The van der Waals surface area contributed by atoms with Crippen molar-refractivity contribution in [1.82, 2.24) is 5.32 Å². The lowest BCUT2D eigenvalue weighted by atomic mass is 10.2. The smallest absolute Gasteiger partial charge is 0.342 e. The molecule has 0 aliphatic rings. The number of hydrogen-bond donors (Lipinski definition) is 1. The summed E-state index contributed by atoms with van der Waals surface area (Å²) in [5.41, 5.74) is 0.244. The second-order valence-electron chi connectivity index (χ2n) is 5.15. The van der Waals surface area contributed by atoms with E-state index in [1.54, 1.807) is 6.07 Å². The Kier molecular flexibility index (Phi) is 6.48. The van der Waals surface area contributed by atoms with E-state index >= 15 is 0 Å². The molecular weight excluding hydrogens is 348 g/mol. The average Bonchev–Trinajstić information content (AvgIpc) is 2.64. The number of carbonyl (C=O) groups is 2. The third-order valence-corrected chi connectivity index (χ3v) is 3.45. The third kappa shape index (κ3) is 4.92. The van der Waals surface area contributed by atoms with E-state index in [4.69, 9.17) is 14.2 Å². The predicted octanol–water partition coefficient (Wildman–Crippen LogP) is 2.46. The second kappa shape index (κ2) is 8.80. The van der Waals surface area contributed by atoms with Crippen molar-refractivity contribution in [1.29, 1.82) is 0 Å². The number of ether oxygens (including phenoxy) is 3. The summed E-state index contributed by atoms with van der Waals surface area (Å²) in [6.07, 6.45) is 0. The van der Waals surface area contributed by atoms with Gasteiger partial charge in [0.15, 0.2) is 6.61 Å². The molecule has 0 saturated heterocycles. The van der Waals surface area contributed by atoms with Crippen LogP contribution in [0.3, 0.4) is 0 Å². The molecular formula is C18H17F2NO5. The number of halogens is 2. The maximum absolute atomic E-state index is 13.5. The fourth-order valence-electron chi connectivity index (χ4n) is 2.09. The Morgan fingerprint density at radius 1 is 1.04 bits per heavy atom. The zero-order valence-electron chi connectivity index (χ0n) is 14.2. The SMILES string of the molecule is COc1ccc(C(=O)OCC(=O)NCc2ccc(F)cc2F)c(OC)c1. The van der Waals surface area contributed by atoms with Crippen LogP contribution in [0.1, 0.15) is 15.9 Å². The number of amides is 1. The minimum absolute atomic E-state index is 0.114. The Morgan fingerprint density at radius 2 is 1.81 bits per heavy atom. The first kappa shape index (κ1) is 19.2. The second-order valence-corrected chi connectivity index (χ2v) is 5.15. The molecule has 0 unspecified atom stereocenters. The van der Waals surface area contributed by atoms with Crippen molar-refractivity contribution in [2.24, 2.45) is 0 Å². The molecule has 0 spiro atoms. The van der Waals surface area contributed by atoms with Crippen molar-refractivity contribution >= 4 is 11.9 Å². The van der Waals surface area contributed by atoms with Crippen LogP contribution in [-0.4, -0.2) is 32.7 Å². The Hall–Kier alpha value is -3.16. The maximum Gasteiger partial charge on any atom is 0.342 e. The minimum Gasteiger partial charge on any atom is -0.497 e. The molecule has 0 radical (unpaired) electrons. The van der Waals surface area contributed by atoms with Crippen LogP contribution >= 0.6 is 0 Å². The van der Waals surface area contributed by atoms with Crippen molar-refractivity contribution < 1.29 is 32.6 Å². The van der Waals surface area contributed by atoms with Crippen LogP contribution in [0.2, 0.25) is 0 Å². The van der Waals surface area contributed by atoms with Gasteiger partial charge >= 0.3 is 5.97 Å². The zero-order valence-corrected chi connectivity index (χ0v) is 14.2. The first-order chi connectivity index (χ1) is 12.4. The molecule has 26 heavy (non-hydrogen) atoms. The molecule has 0 fully saturated rings. The van der Waals surface area contributed by atoms with Crippen molar-refractivity contribution in [2.75, 3.05) is 20.8 Å². The maximum atomic E-state index is 13.5. The van der Waals surface area contributed by atoms with E-state index in [1.807, 2.05) is 0 Å². The van der Waals surface area contributed by atoms with Gasteiger partial charge in [0.2, 0.25) is 0 Å². The zero-order chi connectivity index (χ0) is 19.1. The van der Waals surface area contributed by atoms with Gasteiger partial charge in [0.25, 0.3) is 5.91 Å². The molecule has 0 aliphatic carbocycles. The molecule has 0 atom stereocenters. The van der Waals surface area contributed by atoms with Crippen LogP contribution in [0.4, 0.5) is 8.78 Å². The van der Waals surface area contributed by atoms with Gasteiger partial charge in [0, 0.05) is 24.2 Å². The van der Waals surface area contributed by atoms with Gasteiger partial charge in [-0.1, -0.05) is 6.07 Å². The van der Waals surface area contributed by atoms with E-state index in [9.17, 15) is 18.4 Å². The van der Waals surface area contributed by atoms with Crippen molar-refractivity contribution in [3.8, 4) is 11.5 Å². The molecule has 0 saturated carbocycles. The van der Waals surface area contributed by atoms with Crippen LogP contribution in [0, 0.1) is 11.6 Å². The van der Waals surface area contributed by atoms with Gasteiger partial charge in [-0.2, -0.15) is 0 Å². The number of nitrogens with one attached hydrogen (secondary N) is 1. The highest BCUT2D eigenvalue weighted by molar-refractivity contribution is 5.94. The largest absolute Gasteiger partial charge is 0.497 e. The van der Waals surface area contributed by atoms with Gasteiger partial charge in [-0.05, 0) is 18.2 Å². The number of hydrogen-bond acceptors (Lipinski definition) is 5. The first-order valence-electron chi connectivity index (χ1n) is 7.54. The fourth-order valence-corrected chi connectivity index (χ4v) is 2.09. The molecule has 1 N–H and O–H groups in total. The number of methoxy groups -OCH3 is 2. The monoisotopic (exact) mass is 365 g/mol. The minimum atomic E-state index is -0.773. The van der Waals surface area contributed by atoms with Crippen molar-refractivity contribution in [2.45, 2.75) is 6.54 Å². The molecule has 138 valence electrons. The van der Waals surface area contributed by atoms with E-state index in [1.165, 1.54) is 32.4 Å². The van der Waals surface area contributed by atoms with E-state index in [-0.39, 0.29) is 23.4 Å². The Labute approximate surface area is 148 Å². The third-order valence-electron chi connectivity index (χ3n) is 3.45. The highest BCUT2D eigenvalue weighted by Gasteiger charge is 2.16. The number of esters is 1. The van der Waals surface area contributed by atoms with Crippen LogP contribution in [0.25, 0.3) is 0 Å². The Morgan fingerprint density at radius 3 is 2.46 bits per heavy atom. The summed E-state index contributed by atoms with van der Waals surface area (Å²) in [5.74, 6) is -2.13. The summed E-state index contributed by atoms with van der Waals surface area (Å²) in [7, 11) is 2.86. The number of rotatable bonds is 7. The quantitative estimate of drug-likeness (QED) is 0.763. The Balaban J connectivity index is 1.89. The molecule has 2 rings (SSSR count). The molecule has 0 aliphatic heterocycles. The van der Waals surface area contributed by atoms with Gasteiger partial charge in [0.05, 0.1) is 14.2 Å². The van der Waals surface area contributed by atoms with Gasteiger partial charge < -0.3 is 19.5 Å². The average molecular weight is 365 g/mol. The van der Waals surface area contributed by atoms with Crippen LogP contribution in [0.5, 0.6) is 11.5 Å². The molecule has 8 heteroatoms. The summed E-state index contributed by atoms with van der Waals surface area (Å²) >= 11 is 0. The molecule has 2 aromatic carbocycles. The van der Waals surface area contributed by atoms with Crippen LogP contribution in [0.15, 0.2) is 36.4 Å². The van der Waals surface area contributed by atoms with Crippen LogP contribution < -0.4 is 14.8 Å². The lowest BCUT2D eigenvalue weighted by molar-refractivity contribution is -0.124. The predicted molar refractivity (Wildman–Crippen MR) is 88.0 cm³/mol. The van der Waals surface area contributed by atoms with Crippen molar-refractivity contribution in [3.05, 3.63) is 59.2 Å². The van der Waals surface area contributed by atoms with Gasteiger partial charge in [-0.3, -0.25) is 4.79 Å². The van der Waals surface area contributed by atoms with Gasteiger partial charge in [0.1, 0.15) is 28.7 Å². The normalized spacial score (nSPS) is 10.2. The van der Waals surface area contributed by atoms with E-state index in [2.05, 4.69) is 5.32 Å². The van der Waals surface area contributed by atoms with E-state index in [0.29, 0.717) is 5.75 Å². The standard InChI is InChI=1S/C18H17F2NO5/c1-24-13-5-6-14(16(8-13)25-2)18(23)26-10-17(22)21-9-11-3-4-12(19)7-15(11)20/h3-8H,9-10H2,1-2H3,(H,21,22). The lowest BCUT2D eigenvalue weighted by Crippen LogP contribution is -2.28. The number of benzene rings is 2. The molecule has 0 bridgehead atoms. The van der Waals surface area contributed by atoms with Crippen molar-refractivity contribution in [3.63, 3.8) is 0 Å². The van der Waals surface area contributed by atoms with E-state index in [0.717, 1.165) is 12.1 Å². The molecule has 6 nitrogen and oxygen atoms in total. The lowest BCUT2D eigenvalue weighted by Gasteiger charge is -2.10. The Bertz CT molecular complexity index is 810. The summed E-state index contributed by atoms with van der Waals surface area (Å²) in [5, 5.41) is 2.38. The highest BCUT2D eigenvalue weighted by atomic mass is 19.1. The van der Waals surface area contributed by atoms with E-state index < -0.39 is 30.1 Å². The molecule has 2 aromatic rings. The first-order valence-corrected chi connectivity index (χ1v) is 7.54. The summed E-state index contributed by atoms with van der Waals surface area (Å²) in [6, 6.07) is 7.54. The molecule has 0 heterocycles. The summed E-state index contributed by atoms with van der Waals surface area (Å²) < 4.78 is 41.3. The molecule has 0 aromatic heterocycles.